The van der Waals surface area contributed by atoms with Crippen molar-refractivity contribution in [2.75, 3.05) is 32.7 Å². The zero-order chi connectivity index (χ0) is 15.8. The summed E-state index contributed by atoms with van der Waals surface area (Å²) in [5.41, 5.74) is 0. The van der Waals surface area contributed by atoms with Crippen LogP contribution in [0.4, 0.5) is 0 Å². The van der Waals surface area contributed by atoms with Gasteiger partial charge in [-0.3, -0.25) is 14.5 Å². The van der Waals surface area contributed by atoms with Crippen LogP contribution in [0.5, 0.6) is 0 Å². The molecule has 1 atom stereocenters. The number of carbonyl (C=O) groups excluding carboxylic acids is 2. The minimum absolute atomic E-state index is 0. The second-order valence-corrected chi connectivity index (χ2v) is 6.41. The largest absolute Gasteiger partial charge is 0.355 e. The van der Waals surface area contributed by atoms with Crippen molar-refractivity contribution < 1.29 is 9.59 Å². The average molecular weight is 383 g/mol. The van der Waals surface area contributed by atoms with Crippen LogP contribution in [-0.2, 0) is 9.59 Å². The van der Waals surface area contributed by atoms with E-state index in [2.05, 4.69) is 27.8 Å². The lowest BCUT2D eigenvalue weighted by molar-refractivity contribution is -0.125. The highest BCUT2D eigenvalue weighted by Crippen LogP contribution is 2.12. The monoisotopic (exact) mass is 382 g/mol. The number of nitrogens with zero attached hydrogens (tertiary/aromatic N) is 1. The standard InChI is InChI=1S/C16H30N4O2.2ClH/c1-2-8-18-15(21)12-20-10-6-13(7-11-20)19-16(22)14-5-3-4-9-17-14;;/h13-14,17H,2-12H2,1H3,(H,18,21)(H,19,22);2*1H. The maximum absolute atomic E-state index is 12.2. The minimum atomic E-state index is -0.00778. The molecule has 2 heterocycles. The number of carbonyl (C=O) groups is 2. The number of nitrogens with one attached hydrogen (secondary N) is 3. The Kier molecular flexibility index (Phi) is 12.5. The summed E-state index contributed by atoms with van der Waals surface area (Å²) < 4.78 is 0. The molecule has 0 saturated carbocycles. The van der Waals surface area contributed by atoms with Gasteiger partial charge in [-0.15, -0.1) is 24.8 Å². The molecule has 0 spiro atoms. The van der Waals surface area contributed by atoms with Gasteiger partial charge in [-0.1, -0.05) is 13.3 Å². The molecule has 0 aliphatic carbocycles. The van der Waals surface area contributed by atoms with E-state index in [1.54, 1.807) is 0 Å². The molecule has 3 N–H and O–H groups in total. The Morgan fingerprint density at radius 1 is 1.12 bits per heavy atom. The summed E-state index contributed by atoms with van der Waals surface area (Å²) in [7, 11) is 0. The normalized spacial score (nSPS) is 22.0. The zero-order valence-corrected chi connectivity index (χ0v) is 16.1. The van der Waals surface area contributed by atoms with Gasteiger partial charge in [0.2, 0.25) is 11.8 Å². The third kappa shape index (κ3) is 8.01. The maximum atomic E-state index is 12.2. The molecule has 2 fully saturated rings. The number of piperidine rings is 2. The molecule has 2 rings (SSSR count). The molecule has 1 unspecified atom stereocenters. The van der Waals surface area contributed by atoms with E-state index in [9.17, 15) is 9.59 Å². The highest BCUT2D eigenvalue weighted by molar-refractivity contribution is 5.85. The predicted molar refractivity (Wildman–Crippen MR) is 101 cm³/mol. The molecule has 2 aliphatic heterocycles. The van der Waals surface area contributed by atoms with Crippen molar-refractivity contribution in [3.8, 4) is 0 Å². The van der Waals surface area contributed by atoms with Gasteiger partial charge >= 0.3 is 0 Å². The van der Waals surface area contributed by atoms with Crippen molar-refractivity contribution in [3.63, 3.8) is 0 Å². The molecule has 6 nitrogen and oxygen atoms in total. The molecule has 0 bridgehead atoms. The number of hydrogen-bond donors (Lipinski definition) is 3. The molecule has 0 aromatic rings. The molecule has 2 saturated heterocycles. The number of hydrogen-bond acceptors (Lipinski definition) is 4. The minimum Gasteiger partial charge on any atom is -0.355 e. The zero-order valence-electron chi connectivity index (χ0n) is 14.5. The highest BCUT2D eigenvalue weighted by Gasteiger charge is 2.26. The van der Waals surface area contributed by atoms with Crippen LogP contribution in [0, 0.1) is 0 Å². The summed E-state index contributed by atoms with van der Waals surface area (Å²) in [5.74, 6) is 0.259. The first kappa shape index (κ1) is 23.4. The van der Waals surface area contributed by atoms with Gasteiger partial charge in [0.05, 0.1) is 12.6 Å². The van der Waals surface area contributed by atoms with E-state index in [0.29, 0.717) is 6.54 Å². The van der Waals surface area contributed by atoms with E-state index in [0.717, 1.165) is 58.3 Å². The first-order valence-electron chi connectivity index (χ1n) is 8.72. The van der Waals surface area contributed by atoms with Crippen LogP contribution in [0.3, 0.4) is 0 Å². The van der Waals surface area contributed by atoms with Crippen molar-refractivity contribution >= 4 is 36.6 Å². The van der Waals surface area contributed by atoms with Crippen LogP contribution < -0.4 is 16.0 Å². The lowest BCUT2D eigenvalue weighted by Crippen LogP contribution is -2.52. The van der Waals surface area contributed by atoms with Crippen LogP contribution in [0.2, 0.25) is 0 Å². The molecule has 0 aromatic heterocycles. The fraction of sp³-hybridized carbons (Fsp3) is 0.875. The second kappa shape index (κ2) is 12.8. The fourth-order valence-corrected chi connectivity index (χ4v) is 3.14. The molecule has 142 valence electrons. The van der Waals surface area contributed by atoms with Gasteiger partial charge in [-0.2, -0.15) is 0 Å². The van der Waals surface area contributed by atoms with Crippen LogP contribution in [0.15, 0.2) is 0 Å². The lowest BCUT2D eigenvalue weighted by atomic mass is 10.0. The van der Waals surface area contributed by atoms with E-state index in [1.807, 2.05) is 0 Å². The van der Waals surface area contributed by atoms with Gasteiger partial charge in [-0.25, -0.2) is 0 Å². The summed E-state index contributed by atoms with van der Waals surface area (Å²) >= 11 is 0. The first-order valence-corrected chi connectivity index (χ1v) is 8.72. The molecule has 2 aliphatic rings. The first-order chi connectivity index (χ1) is 10.7. The van der Waals surface area contributed by atoms with Crippen molar-refractivity contribution in [1.29, 1.82) is 0 Å². The van der Waals surface area contributed by atoms with Crippen LogP contribution in [0.25, 0.3) is 0 Å². The van der Waals surface area contributed by atoms with Crippen molar-refractivity contribution in [2.45, 2.75) is 57.5 Å². The SMILES string of the molecule is CCCNC(=O)CN1CCC(NC(=O)C2CCCCN2)CC1.Cl.Cl. The summed E-state index contributed by atoms with van der Waals surface area (Å²) in [5, 5.41) is 9.36. The topological polar surface area (TPSA) is 73.5 Å². The van der Waals surface area contributed by atoms with E-state index in [-0.39, 0.29) is 48.7 Å². The van der Waals surface area contributed by atoms with E-state index < -0.39 is 0 Å². The summed E-state index contributed by atoms with van der Waals surface area (Å²) in [6, 6.07) is 0.248. The van der Waals surface area contributed by atoms with Crippen molar-refractivity contribution in [2.24, 2.45) is 0 Å². The summed E-state index contributed by atoms with van der Waals surface area (Å²) in [4.78, 5) is 26.1. The van der Waals surface area contributed by atoms with Crippen LogP contribution in [-0.4, -0.2) is 61.5 Å². The number of amides is 2. The Bertz CT molecular complexity index is 371. The van der Waals surface area contributed by atoms with Crippen molar-refractivity contribution in [1.82, 2.24) is 20.9 Å². The summed E-state index contributed by atoms with van der Waals surface area (Å²) in [6.45, 7) is 5.98. The van der Waals surface area contributed by atoms with Crippen LogP contribution in [0.1, 0.15) is 45.4 Å². The van der Waals surface area contributed by atoms with Gasteiger partial charge in [0, 0.05) is 25.7 Å². The second-order valence-electron chi connectivity index (χ2n) is 6.41. The van der Waals surface area contributed by atoms with Gasteiger partial charge in [0.25, 0.3) is 0 Å². The molecule has 8 heteroatoms. The number of rotatable bonds is 6. The van der Waals surface area contributed by atoms with Gasteiger partial charge in [0.1, 0.15) is 0 Å². The number of likely N-dealkylation sites (tertiary alicyclic amines) is 1. The predicted octanol–water partition coefficient (Wildman–Crippen LogP) is 1.08. The lowest BCUT2D eigenvalue weighted by Gasteiger charge is -2.33. The number of halogens is 2. The molecular formula is C16H32Cl2N4O2. The smallest absolute Gasteiger partial charge is 0.237 e. The van der Waals surface area contributed by atoms with Gasteiger partial charge < -0.3 is 16.0 Å². The van der Waals surface area contributed by atoms with E-state index >= 15 is 0 Å². The highest BCUT2D eigenvalue weighted by atomic mass is 35.5. The fourth-order valence-electron chi connectivity index (χ4n) is 3.14. The third-order valence-electron chi connectivity index (χ3n) is 4.50. The average Bonchev–Trinajstić information content (AvgIpc) is 2.55. The summed E-state index contributed by atoms with van der Waals surface area (Å²) in [6.07, 6.45) is 6.08. The van der Waals surface area contributed by atoms with E-state index in [4.69, 9.17) is 0 Å². The maximum Gasteiger partial charge on any atom is 0.237 e. The molecular weight excluding hydrogens is 351 g/mol. The van der Waals surface area contributed by atoms with E-state index in [1.165, 1.54) is 6.42 Å². The van der Waals surface area contributed by atoms with Crippen molar-refractivity contribution in [3.05, 3.63) is 0 Å². The Balaban J connectivity index is 0.00000264. The quantitative estimate of drug-likeness (QED) is 0.642. The molecule has 24 heavy (non-hydrogen) atoms. The Morgan fingerprint density at radius 3 is 2.42 bits per heavy atom. The Morgan fingerprint density at radius 2 is 1.83 bits per heavy atom. The van der Waals surface area contributed by atoms with Gasteiger partial charge in [-0.05, 0) is 38.6 Å². The molecule has 0 aromatic carbocycles. The van der Waals surface area contributed by atoms with Gasteiger partial charge in [0.15, 0.2) is 0 Å². The Hall–Kier alpha value is -0.560. The third-order valence-corrected chi connectivity index (χ3v) is 4.50. The molecule has 0 radical (unpaired) electrons. The molecule has 2 amide bonds. The van der Waals surface area contributed by atoms with Crippen LogP contribution >= 0.6 is 24.8 Å². The Labute approximate surface area is 157 Å².